The minimum absolute atomic E-state index is 0.123. The van der Waals surface area contributed by atoms with E-state index in [1.807, 2.05) is 13.0 Å². The van der Waals surface area contributed by atoms with Crippen molar-refractivity contribution in [3.05, 3.63) is 122 Å². The largest absolute Gasteiger partial charge is 0.488 e. The fourth-order valence-corrected chi connectivity index (χ4v) is 6.24. The average molecular weight is 653 g/mol. The number of benzene rings is 3. The lowest BCUT2D eigenvalue weighted by atomic mass is 9.91. The Morgan fingerprint density at radius 3 is 2.43 bits per heavy atom. The van der Waals surface area contributed by atoms with Crippen molar-refractivity contribution in [2.75, 3.05) is 0 Å². The van der Waals surface area contributed by atoms with Gasteiger partial charge in [-0.2, -0.15) is 13.2 Å². The molecule has 1 fully saturated rings. The maximum absolute atomic E-state index is 15.8. The molecule has 6 rings (SSSR count). The SMILES string of the molecule is Cc1cc2cc(c1F)C(CC(=O)O)NC(=O)C(n1ccc(C(F)(F)F)c(C3CC3)c1=O)c1cc(ccc1F)COc1cccc(C)c1-2. The predicted molar refractivity (Wildman–Crippen MR) is 161 cm³/mol. The highest BCUT2D eigenvalue weighted by molar-refractivity contribution is 5.85. The number of carbonyl (C=O) groups excluding carboxylic acids is 1. The summed E-state index contributed by atoms with van der Waals surface area (Å²) in [4.78, 5) is 40.0. The number of fused-ring (bicyclic) bond motifs is 6. The number of carbonyl (C=O) groups is 2. The van der Waals surface area contributed by atoms with E-state index in [4.69, 9.17) is 4.74 Å². The number of ether oxygens (including phenoxy) is 1. The highest BCUT2D eigenvalue weighted by atomic mass is 19.4. The topological polar surface area (TPSA) is 97.6 Å². The van der Waals surface area contributed by atoms with Crippen LogP contribution >= 0.6 is 0 Å². The summed E-state index contributed by atoms with van der Waals surface area (Å²) >= 11 is 0. The third-order valence-electron chi connectivity index (χ3n) is 8.60. The molecule has 7 nitrogen and oxygen atoms in total. The second-order valence-electron chi connectivity index (χ2n) is 12.0. The number of amides is 1. The van der Waals surface area contributed by atoms with Gasteiger partial charge in [0.05, 0.1) is 18.0 Å². The first-order valence-corrected chi connectivity index (χ1v) is 14.9. The van der Waals surface area contributed by atoms with Gasteiger partial charge in [0.15, 0.2) is 0 Å². The van der Waals surface area contributed by atoms with Gasteiger partial charge in [0.2, 0.25) is 5.91 Å². The van der Waals surface area contributed by atoms with Crippen molar-refractivity contribution in [1.82, 2.24) is 9.88 Å². The number of hydrogen-bond donors (Lipinski definition) is 2. The van der Waals surface area contributed by atoms with Gasteiger partial charge in [0, 0.05) is 28.5 Å². The van der Waals surface area contributed by atoms with Crippen molar-refractivity contribution in [2.45, 2.75) is 63.9 Å². The summed E-state index contributed by atoms with van der Waals surface area (Å²) < 4.78 is 80.3. The second-order valence-corrected chi connectivity index (χ2v) is 12.0. The van der Waals surface area contributed by atoms with E-state index in [1.165, 1.54) is 25.1 Å². The van der Waals surface area contributed by atoms with Crippen LogP contribution in [0.4, 0.5) is 22.0 Å². The molecule has 4 aromatic rings. The molecule has 1 amide bonds. The number of carboxylic acid groups (broad SMARTS) is 1. The van der Waals surface area contributed by atoms with Crippen LogP contribution in [0, 0.1) is 25.5 Å². The maximum atomic E-state index is 15.8. The van der Waals surface area contributed by atoms with Gasteiger partial charge >= 0.3 is 12.1 Å². The van der Waals surface area contributed by atoms with Crippen molar-refractivity contribution < 1.29 is 41.4 Å². The molecule has 1 aromatic heterocycles. The fourth-order valence-electron chi connectivity index (χ4n) is 6.24. The van der Waals surface area contributed by atoms with Crippen molar-refractivity contribution >= 4 is 11.9 Å². The minimum atomic E-state index is -4.86. The van der Waals surface area contributed by atoms with E-state index in [9.17, 15) is 32.7 Å². The number of hydrogen-bond acceptors (Lipinski definition) is 4. The van der Waals surface area contributed by atoms with Crippen LogP contribution in [-0.4, -0.2) is 21.6 Å². The number of rotatable bonds is 4. The number of nitrogens with zero attached hydrogens (tertiary/aromatic N) is 1. The Hall–Kier alpha value is -5.00. The van der Waals surface area contributed by atoms with Crippen molar-refractivity contribution in [3.63, 3.8) is 0 Å². The van der Waals surface area contributed by atoms with Gasteiger partial charge in [0.25, 0.3) is 5.56 Å². The number of carboxylic acids is 1. The highest BCUT2D eigenvalue weighted by Crippen LogP contribution is 2.44. The van der Waals surface area contributed by atoms with E-state index in [2.05, 4.69) is 5.32 Å². The molecule has 2 atom stereocenters. The first kappa shape index (κ1) is 32.0. The third-order valence-corrected chi connectivity index (χ3v) is 8.60. The molecule has 0 radical (unpaired) electrons. The van der Waals surface area contributed by atoms with Crippen LogP contribution in [0.15, 0.2) is 65.6 Å². The quantitative estimate of drug-likeness (QED) is 0.229. The van der Waals surface area contributed by atoms with Crippen LogP contribution in [0.3, 0.4) is 0 Å². The molecule has 4 bridgehead atoms. The summed E-state index contributed by atoms with van der Waals surface area (Å²) in [6.07, 6.45) is -4.21. The lowest BCUT2D eigenvalue weighted by Crippen LogP contribution is -2.41. The Balaban J connectivity index is 1.61. The summed E-state index contributed by atoms with van der Waals surface area (Å²) in [6.45, 7) is 3.18. The molecule has 2 aliphatic rings. The smallest absolute Gasteiger partial charge is 0.416 e. The Kier molecular flexibility index (Phi) is 8.15. The second kappa shape index (κ2) is 12.0. The van der Waals surface area contributed by atoms with Crippen LogP contribution in [0.1, 0.15) is 76.2 Å². The van der Waals surface area contributed by atoms with E-state index in [0.29, 0.717) is 41.3 Å². The standard InChI is InChI=1S/C35H29F5N2O5/c1-17-4-3-5-27-29(17)21-12-18(2)31(37)23(14-21)26(15-28(43)44)41-33(45)32(22-13-19(16-47-27)6-9-25(22)36)42-11-10-24(35(38,39)40)30(34(42)46)20-7-8-20/h3-6,9-14,20,26,32H,7-8,15-16H2,1-2H3,(H,41,45)(H,43,44). The van der Waals surface area contributed by atoms with E-state index in [0.717, 1.165) is 22.4 Å². The lowest BCUT2D eigenvalue weighted by molar-refractivity contribution is -0.139. The number of aryl methyl sites for hydroxylation is 2. The molecule has 12 heteroatoms. The summed E-state index contributed by atoms with van der Waals surface area (Å²) in [5, 5.41) is 12.3. The van der Waals surface area contributed by atoms with E-state index in [1.54, 1.807) is 18.2 Å². The molecule has 2 heterocycles. The zero-order chi connectivity index (χ0) is 33.8. The number of nitrogens with one attached hydrogen (secondary N) is 1. The predicted octanol–water partition coefficient (Wildman–Crippen LogP) is 7.12. The van der Waals surface area contributed by atoms with Crippen molar-refractivity contribution in [2.24, 2.45) is 0 Å². The zero-order valence-corrected chi connectivity index (χ0v) is 25.3. The molecule has 1 aliphatic carbocycles. The Morgan fingerprint density at radius 2 is 1.74 bits per heavy atom. The van der Waals surface area contributed by atoms with Gasteiger partial charge in [-0.05, 0) is 91.3 Å². The molecule has 0 spiro atoms. The Bertz CT molecular complexity index is 1980. The van der Waals surface area contributed by atoms with Crippen LogP contribution < -0.4 is 15.6 Å². The summed E-state index contributed by atoms with van der Waals surface area (Å²) in [5.74, 6) is -4.56. The summed E-state index contributed by atoms with van der Waals surface area (Å²) in [5.41, 5.74) is -0.995. The van der Waals surface area contributed by atoms with E-state index < -0.39 is 70.8 Å². The Labute approximate surface area is 265 Å². The zero-order valence-electron chi connectivity index (χ0n) is 25.3. The molecule has 2 N–H and O–H groups in total. The van der Waals surface area contributed by atoms with Crippen LogP contribution in [0.2, 0.25) is 0 Å². The van der Waals surface area contributed by atoms with Gasteiger partial charge in [-0.1, -0.05) is 18.2 Å². The van der Waals surface area contributed by atoms with Gasteiger partial charge in [0.1, 0.15) is 30.0 Å². The Morgan fingerprint density at radius 1 is 1.00 bits per heavy atom. The van der Waals surface area contributed by atoms with E-state index >= 15 is 8.78 Å². The first-order chi connectivity index (χ1) is 22.2. The third kappa shape index (κ3) is 6.11. The molecule has 0 saturated heterocycles. The number of aromatic nitrogens is 1. The average Bonchev–Trinajstić information content (AvgIpc) is 3.83. The van der Waals surface area contributed by atoms with Crippen LogP contribution in [0.5, 0.6) is 5.75 Å². The maximum Gasteiger partial charge on any atom is 0.416 e. The fraction of sp³-hybridized carbons (Fsp3) is 0.286. The molecular weight excluding hydrogens is 623 g/mol. The molecule has 47 heavy (non-hydrogen) atoms. The minimum Gasteiger partial charge on any atom is -0.488 e. The summed E-state index contributed by atoms with van der Waals surface area (Å²) in [7, 11) is 0. The number of halogens is 5. The van der Waals surface area contributed by atoms with Gasteiger partial charge < -0.3 is 15.2 Å². The monoisotopic (exact) mass is 652 g/mol. The molecule has 244 valence electrons. The van der Waals surface area contributed by atoms with Crippen molar-refractivity contribution in [1.29, 1.82) is 0 Å². The van der Waals surface area contributed by atoms with Crippen LogP contribution in [-0.2, 0) is 22.4 Å². The number of pyridine rings is 1. The van der Waals surface area contributed by atoms with Gasteiger partial charge in [-0.15, -0.1) is 0 Å². The highest BCUT2D eigenvalue weighted by Gasteiger charge is 2.42. The molecular formula is C35H29F5N2O5. The lowest BCUT2D eigenvalue weighted by Gasteiger charge is -2.27. The number of aliphatic carboxylic acids is 1. The van der Waals surface area contributed by atoms with E-state index in [-0.39, 0.29) is 23.3 Å². The summed E-state index contributed by atoms with van der Waals surface area (Å²) in [6, 6.07) is 9.25. The molecule has 3 aromatic carbocycles. The van der Waals surface area contributed by atoms with Gasteiger partial charge in [-0.3, -0.25) is 19.0 Å². The van der Waals surface area contributed by atoms with Crippen molar-refractivity contribution in [3.8, 4) is 16.9 Å². The number of alkyl halides is 3. The molecule has 2 unspecified atom stereocenters. The van der Waals surface area contributed by atoms with Crippen LogP contribution in [0.25, 0.3) is 11.1 Å². The molecule has 1 saturated carbocycles. The molecule has 1 aliphatic heterocycles. The van der Waals surface area contributed by atoms with Gasteiger partial charge in [-0.25, -0.2) is 8.78 Å². The normalized spacial score (nSPS) is 18.1. The first-order valence-electron chi connectivity index (χ1n) is 14.9.